The predicted octanol–water partition coefficient (Wildman–Crippen LogP) is 10.6. The van der Waals surface area contributed by atoms with E-state index in [1.807, 2.05) is 0 Å². The largest absolute Gasteiger partial charge is 0.508 e. The number of allylic oxidation sites excluding steroid dienone is 6. The number of ether oxygens (including phenoxy) is 4. The van der Waals surface area contributed by atoms with Crippen LogP contribution in [0, 0.1) is 29.1 Å². The molecule has 0 amide bonds. The highest BCUT2D eigenvalue weighted by Crippen LogP contribution is 2.55. The molecule has 3 rings (SSSR count). The van der Waals surface area contributed by atoms with E-state index >= 15 is 0 Å². The summed E-state index contributed by atoms with van der Waals surface area (Å²) < 4.78 is 22.0. The molecule has 52 heavy (non-hydrogen) atoms. The van der Waals surface area contributed by atoms with E-state index in [1.165, 1.54) is 44.9 Å². The Morgan fingerprint density at radius 3 is 1.98 bits per heavy atom. The Morgan fingerprint density at radius 1 is 0.692 bits per heavy atom. The zero-order chi connectivity index (χ0) is 37.3. The van der Waals surface area contributed by atoms with Crippen LogP contribution in [0.3, 0.4) is 0 Å². The van der Waals surface area contributed by atoms with Crippen molar-refractivity contribution in [2.45, 2.75) is 149 Å². The smallest absolute Gasteiger partial charge is 0.465 e. The minimum Gasteiger partial charge on any atom is -0.465 e. The molecule has 2 bridgehead atoms. The molecule has 0 spiro atoms. The highest BCUT2D eigenvalue weighted by atomic mass is 16.7. The molecular weight excluding hydrogens is 654 g/mol. The van der Waals surface area contributed by atoms with Gasteiger partial charge in [-0.1, -0.05) is 76.5 Å². The van der Waals surface area contributed by atoms with Crippen LogP contribution >= 0.6 is 0 Å². The van der Waals surface area contributed by atoms with E-state index in [-0.39, 0.29) is 37.2 Å². The lowest BCUT2D eigenvalue weighted by Gasteiger charge is -2.50. The first kappa shape index (κ1) is 43.8. The molecule has 2 saturated carbocycles. The molecule has 3 fully saturated rings. The Kier molecular flexibility index (Phi) is 22.1. The maximum absolute atomic E-state index is 13.0. The van der Waals surface area contributed by atoms with Gasteiger partial charge in [-0.2, -0.15) is 0 Å². The summed E-state index contributed by atoms with van der Waals surface area (Å²) in [6.07, 6.45) is 33.0. The van der Waals surface area contributed by atoms with E-state index in [9.17, 15) is 14.4 Å². The second kappa shape index (κ2) is 26.2. The fraction of sp³-hybridized carbons (Fsp3) is 0.795. The van der Waals surface area contributed by atoms with E-state index in [0.29, 0.717) is 31.3 Å². The molecule has 1 aliphatic heterocycles. The molecule has 3 unspecified atom stereocenters. The van der Waals surface area contributed by atoms with Crippen LogP contribution in [0.15, 0.2) is 36.5 Å². The monoisotopic (exact) mass is 728 g/mol. The van der Waals surface area contributed by atoms with Crippen molar-refractivity contribution in [3.05, 3.63) is 36.5 Å². The number of unbranched alkanes of at least 4 members (excludes halogenated alkanes) is 5. The lowest BCUT2D eigenvalue weighted by molar-refractivity contribution is -0.150. The first-order valence-corrected chi connectivity index (χ1v) is 21.0. The van der Waals surface area contributed by atoms with Gasteiger partial charge < -0.3 is 23.8 Å². The van der Waals surface area contributed by atoms with Crippen molar-refractivity contribution in [3.63, 3.8) is 0 Å². The standard InChI is InChI=1S/C44H73NO7/c1-4-5-6-7-8-9-10-11-12-13-14-15-16-17-18-22-41(46)50-34-40(36-52-43(48)49-28-21-27-45-25-19-20-26-45)35-51-42(47)23-24-44-31-37(2)29-39(33-44)30-38(3)32-44/h5-6,8-9,11-12,37-40H,4,7,10,13-36H2,1-3H3/b6-5-,9-8-,12-11-/t37-,38+,39?,40?,44?. The number of hydrogen-bond acceptors (Lipinski definition) is 8. The van der Waals surface area contributed by atoms with E-state index in [0.717, 1.165) is 96.2 Å². The zero-order valence-corrected chi connectivity index (χ0v) is 33.2. The van der Waals surface area contributed by atoms with Gasteiger partial charge >= 0.3 is 18.1 Å². The average Bonchev–Trinajstić information content (AvgIpc) is 3.63. The van der Waals surface area contributed by atoms with Crippen LogP contribution in [0.4, 0.5) is 4.79 Å². The number of fused-ring (bicyclic) bond motifs is 2. The van der Waals surface area contributed by atoms with Crippen LogP contribution in [0.1, 0.15) is 149 Å². The fourth-order valence-corrected chi connectivity index (χ4v) is 8.86. The number of likely N-dealkylation sites (tertiary alicyclic amines) is 1. The van der Waals surface area contributed by atoms with Gasteiger partial charge in [-0.15, -0.1) is 0 Å². The number of nitrogens with zero attached hydrogens (tertiary/aromatic N) is 1. The van der Waals surface area contributed by atoms with Gasteiger partial charge in [0.25, 0.3) is 0 Å². The Morgan fingerprint density at radius 2 is 1.29 bits per heavy atom. The molecule has 8 heteroatoms. The summed E-state index contributed by atoms with van der Waals surface area (Å²) >= 11 is 0. The minimum atomic E-state index is -0.738. The van der Waals surface area contributed by atoms with Crippen LogP contribution < -0.4 is 0 Å². The lowest BCUT2D eigenvalue weighted by atomic mass is 9.55. The average molecular weight is 728 g/mol. The first-order chi connectivity index (χ1) is 25.3. The SMILES string of the molecule is CC/C=C\C/C=C\C/C=C\CCCCCCCC(=O)OCC(COC(=O)CCC12CC(C[C@@H](C)C1)C[C@H](C)C2)COC(=O)OCCCN1CCCC1. The summed E-state index contributed by atoms with van der Waals surface area (Å²) in [5.74, 6) is 1.25. The highest BCUT2D eigenvalue weighted by Gasteiger charge is 2.44. The third-order valence-corrected chi connectivity index (χ3v) is 11.1. The van der Waals surface area contributed by atoms with Crippen molar-refractivity contribution in [2.24, 2.45) is 29.1 Å². The summed E-state index contributed by atoms with van der Waals surface area (Å²) in [7, 11) is 0. The second-order valence-corrected chi connectivity index (χ2v) is 16.3. The van der Waals surface area contributed by atoms with Gasteiger partial charge in [0.15, 0.2) is 0 Å². The van der Waals surface area contributed by atoms with Crippen molar-refractivity contribution in [3.8, 4) is 0 Å². The van der Waals surface area contributed by atoms with Crippen LogP contribution in [0.25, 0.3) is 0 Å². The summed E-state index contributed by atoms with van der Waals surface area (Å²) in [5.41, 5.74) is 0.246. The number of esters is 2. The Balaban J connectivity index is 1.32. The number of carbonyl (C=O) groups is 3. The molecule has 0 radical (unpaired) electrons. The van der Waals surface area contributed by atoms with Gasteiger partial charge in [-0.3, -0.25) is 9.59 Å². The quantitative estimate of drug-likeness (QED) is 0.0376. The van der Waals surface area contributed by atoms with E-state index in [2.05, 4.69) is 62.1 Å². The lowest BCUT2D eigenvalue weighted by Crippen LogP contribution is -2.39. The molecule has 1 heterocycles. The van der Waals surface area contributed by atoms with Crippen LogP contribution in [0.2, 0.25) is 0 Å². The fourth-order valence-electron chi connectivity index (χ4n) is 8.86. The first-order valence-electron chi connectivity index (χ1n) is 21.0. The third kappa shape index (κ3) is 19.5. The Hall–Kier alpha value is -2.61. The summed E-state index contributed by atoms with van der Waals surface area (Å²) in [5, 5.41) is 0. The molecule has 0 aromatic rings. The van der Waals surface area contributed by atoms with Gasteiger partial charge in [-0.05, 0) is 133 Å². The molecule has 296 valence electrons. The summed E-state index contributed by atoms with van der Waals surface area (Å²) in [6, 6.07) is 0. The molecule has 2 aliphatic carbocycles. The number of rotatable bonds is 26. The summed E-state index contributed by atoms with van der Waals surface area (Å²) in [4.78, 5) is 40.3. The van der Waals surface area contributed by atoms with E-state index < -0.39 is 12.1 Å². The molecule has 8 nitrogen and oxygen atoms in total. The molecule has 1 saturated heterocycles. The van der Waals surface area contributed by atoms with Gasteiger partial charge in [0.1, 0.15) is 19.8 Å². The molecule has 0 N–H and O–H groups in total. The third-order valence-electron chi connectivity index (χ3n) is 11.1. The second-order valence-electron chi connectivity index (χ2n) is 16.3. The van der Waals surface area contributed by atoms with Crippen molar-refractivity contribution >= 4 is 18.1 Å². The van der Waals surface area contributed by atoms with Crippen molar-refractivity contribution in [2.75, 3.05) is 46.1 Å². The Labute approximate surface area is 316 Å². The van der Waals surface area contributed by atoms with E-state index in [1.54, 1.807) is 0 Å². The van der Waals surface area contributed by atoms with Gasteiger partial charge in [0.2, 0.25) is 0 Å². The van der Waals surface area contributed by atoms with Crippen LogP contribution in [0.5, 0.6) is 0 Å². The summed E-state index contributed by atoms with van der Waals surface area (Å²) in [6.45, 7) is 10.3. The van der Waals surface area contributed by atoms with Gasteiger partial charge in [0, 0.05) is 19.4 Å². The van der Waals surface area contributed by atoms with Crippen molar-refractivity contribution < 1.29 is 33.3 Å². The molecule has 0 aromatic carbocycles. The Bertz CT molecular complexity index is 1070. The normalized spacial score (nSPS) is 24.1. The molecule has 5 atom stereocenters. The van der Waals surface area contributed by atoms with E-state index in [4.69, 9.17) is 18.9 Å². The molecule has 3 aliphatic rings. The topological polar surface area (TPSA) is 91.4 Å². The maximum atomic E-state index is 13.0. The molecular formula is C44H73NO7. The van der Waals surface area contributed by atoms with Crippen LogP contribution in [-0.2, 0) is 28.5 Å². The predicted molar refractivity (Wildman–Crippen MR) is 209 cm³/mol. The number of carbonyl (C=O) groups excluding carboxylic acids is 3. The van der Waals surface area contributed by atoms with Crippen molar-refractivity contribution in [1.82, 2.24) is 4.90 Å². The number of hydrogen-bond donors (Lipinski definition) is 0. The van der Waals surface area contributed by atoms with Crippen molar-refractivity contribution in [1.29, 1.82) is 0 Å². The maximum Gasteiger partial charge on any atom is 0.508 e. The van der Waals surface area contributed by atoms with Gasteiger partial charge in [0.05, 0.1) is 12.5 Å². The van der Waals surface area contributed by atoms with Crippen LogP contribution in [-0.4, -0.2) is 69.1 Å². The van der Waals surface area contributed by atoms with Gasteiger partial charge in [-0.25, -0.2) is 4.79 Å². The highest BCUT2D eigenvalue weighted by molar-refractivity contribution is 5.70. The molecule has 0 aromatic heterocycles. The minimum absolute atomic E-state index is 0.0337. The zero-order valence-electron chi connectivity index (χ0n) is 33.2.